The predicted molar refractivity (Wildman–Crippen MR) is 64.3 cm³/mol. The van der Waals surface area contributed by atoms with Crippen molar-refractivity contribution in [3.05, 3.63) is 28.4 Å². The maximum absolute atomic E-state index is 11.7. The second-order valence-electron chi connectivity index (χ2n) is 3.65. The number of rotatable bonds is 7. The Kier molecular flexibility index (Phi) is 5.07. The average Bonchev–Trinajstić information content (AvgIpc) is 2.38. The van der Waals surface area contributed by atoms with E-state index >= 15 is 0 Å². The molecule has 0 bridgehead atoms. The third-order valence-corrected chi connectivity index (χ3v) is 3.66. The Morgan fingerprint density at radius 3 is 2.60 bits per heavy atom. The van der Waals surface area contributed by atoms with Gasteiger partial charge in [0.25, 0.3) is 0 Å². The van der Waals surface area contributed by atoms with Gasteiger partial charge in [-0.15, -0.1) is 0 Å². The Labute approximate surface area is 113 Å². The molecule has 20 heavy (non-hydrogen) atoms. The van der Waals surface area contributed by atoms with Crippen LogP contribution in [0.25, 0.3) is 0 Å². The normalized spacial score (nSPS) is 12.8. The van der Waals surface area contributed by atoms with Crippen LogP contribution in [0, 0.1) is 10.1 Å². The predicted octanol–water partition coefficient (Wildman–Crippen LogP) is -0.896. The number of aliphatic carboxylic acids is 1. The average molecular weight is 305 g/mol. The lowest BCUT2D eigenvalue weighted by molar-refractivity contribution is -0.389. The summed E-state index contributed by atoms with van der Waals surface area (Å²) in [4.78, 5) is 23.0. The minimum atomic E-state index is -3.96. The molecule has 0 saturated heterocycles. The summed E-state index contributed by atoms with van der Waals surface area (Å²) in [6.07, 6.45) is -1.17. The quantitative estimate of drug-likeness (QED) is 0.431. The van der Waals surface area contributed by atoms with Gasteiger partial charge in [0, 0.05) is 12.6 Å². The molecule has 0 unspecified atom stereocenters. The number of nitrogens with zero attached hydrogens (tertiary/aromatic N) is 2. The van der Waals surface area contributed by atoms with E-state index in [1.54, 1.807) is 0 Å². The van der Waals surface area contributed by atoms with Crippen molar-refractivity contribution >= 4 is 21.8 Å². The number of pyridine rings is 1. The van der Waals surface area contributed by atoms with Gasteiger partial charge in [-0.05, 0) is 22.4 Å². The smallest absolute Gasteiger partial charge is 0.363 e. The molecule has 1 aromatic rings. The molecule has 0 amide bonds. The summed E-state index contributed by atoms with van der Waals surface area (Å²) >= 11 is 0. The van der Waals surface area contributed by atoms with Gasteiger partial charge in [0.05, 0.1) is 0 Å². The topological polar surface area (TPSA) is 160 Å². The Morgan fingerprint density at radius 1 is 1.50 bits per heavy atom. The SMILES string of the molecule is O=C(O)[C@@H](O)CCNS(=O)(=O)c1ccc([N+](=O)[O-])nc1. The first-order valence-electron chi connectivity index (χ1n) is 5.25. The summed E-state index contributed by atoms with van der Waals surface area (Å²) in [5.41, 5.74) is 0. The molecule has 1 atom stereocenters. The zero-order chi connectivity index (χ0) is 15.3. The third-order valence-electron chi connectivity index (χ3n) is 2.21. The fourth-order valence-corrected chi connectivity index (χ4v) is 2.17. The molecule has 0 spiro atoms. The molecule has 0 aliphatic carbocycles. The van der Waals surface area contributed by atoms with Crippen LogP contribution in [0.5, 0.6) is 0 Å². The molecule has 1 rings (SSSR count). The van der Waals surface area contributed by atoms with Gasteiger partial charge in [-0.25, -0.2) is 17.9 Å². The molecule has 3 N–H and O–H groups in total. The number of aliphatic hydroxyl groups excluding tert-OH is 1. The molecular weight excluding hydrogens is 294 g/mol. The molecule has 0 saturated carbocycles. The van der Waals surface area contributed by atoms with Crippen LogP contribution in [0.4, 0.5) is 5.82 Å². The fraction of sp³-hybridized carbons (Fsp3) is 0.333. The first kappa shape index (κ1) is 15.9. The van der Waals surface area contributed by atoms with E-state index in [1.165, 1.54) is 0 Å². The van der Waals surface area contributed by atoms with Crippen LogP contribution < -0.4 is 4.72 Å². The number of aromatic nitrogens is 1. The highest BCUT2D eigenvalue weighted by Crippen LogP contribution is 2.12. The minimum absolute atomic E-state index is 0.298. The molecule has 11 heteroatoms. The van der Waals surface area contributed by atoms with Crippen molar-refractivity contribution in [2.75, 3.05) is 6.54 Å². The van der Waals surface area contributed by atoms with Gasteiger partial charge in [-0.3, -0.25) is 0 Å². The van der Waals surface area contributed by atoms with Crippen LogP contribution in [0.3, 0.4) is 0 Å². The van der Waals surface area contributed by atoms with E-state index in [2.05, 4.69) is 4.98 Å². The van der Waals surface area contributed by atoms with E-state index in [1.807, 2.05) is 4.72 Å². The number of hydrogen-bond acceptors (Lipinski definition) is 7. The van der Waals surface area contributed by atoms with E-state index in [9.17, 15) is 23.3 Å². The molecule has 0 radical (unpaired) electrons. The lowest BCUT2D eigenvalue weighted by Crippen LogP contribution is -2.30. The first-order chi connectivity index (χ1) is 9.24. The highest BCUT2D eigenvalue weighted by Gasteiger charge is 2.19. The van der Waals surface area contributed by atoms with Crippen molar-refractivity contribution in [2.24, 2.45) is 0 Å². The number of sulfonamides is 1. The first-order valence-corrected chi connectivity index (χ1v) is 6.73. The van der Waals surface area contributed by atoms with Crippen LogP contribution in [0.1, 0.15) is 6.42 Å². The Balaban J connectivity index is 2.69. The van der Waals surface area contributed by atoms with Gasteiger partial charge >= 0.3 is 11.8 Å². The number of hydrogen-bond donors (Lipinski definition) is 3. The van der Waals surface area contributed by atoms with Crippen molar-refractivity contribution < 1.29 is 28.3 Å². The van der Waals surface area contributed by atoms with E-state index < -0.39 is 32.8 Å². The van der Waals surface area contributed by atoms with Crippen molar-refractivity contribution in [1.82, 2.24) is 9.71 Å². The van der Waals surface area contributed by atoms with Crippen molar-refractivity contribution in [1.29, 1.82) is 0 Å². The summed E-state index contributed by atoms with van der Waals surface area (Å²) in [5, 5.41) is 27.7. The largest absolute Gasteiger partial charge is 0.479 e. The summed E-state index contributed by atoms with van der Waals surface area (Å²) in [5.74, 6) is -1.95. The molecule has 1 heterocycles. The maximum atomic E-state index is 11.7. The van der Waals surface area contributed by atoms with Crippen molar-refractivity contribution in [3.63, 3.8) is 0 Å². The number of carboxylic acid groups (broad SMARTS) is 1. The van der Waals surface area contributed by atoms with Crippen molar-refractivity contribution in [3.8, 4) is 0 Å². The van der Waals surface area contributed by atoms with Crippen LogP contribution in [-0.4, -0.2) is 47.2 Å². The summed E-state index contributed by atoms with van der Waals surface area (Å²) in [6, 6.07) is 1.93. The number of nitrogens with one attached hydrogen (secondary N) is 1. The highest BCUT2D eigenvalue weighted by atomic mass is 32.2. The van der Waals surface area contributed by atoms with E-state index in [0.717, 1.165) is 18.3 Å². The van der Waals surface area contributed by atoms with Crippen molar-refractivity contribution in [2.45, 2.75) is 17.4 Å². The second-order valence-corrected chi connectivity index (χ2v) is 5.42. The third kappa shape index (κ3) is 4.22. The minimum Gasteiger partial charge on any atom is -0.479 e. The monoisotopic (exact) mass is 305 g/mol. The van der Waals surface area contributed by atoms with E-state index in [-0.39, 0.29) is 17.9 Å². The van der Waals surface area contributed by atoms with Crippen LogP contribution in [0.2, 0.25) is 0 Å². The molecule has 0 aliphatic rings. The molecule has 10 nitrogen and oxygen atoms in total. The summed E-state index contributed by atoms with van der Waals surface area (Å²) < 4.78 is 25.5. The lowest BCUT2D eigenvalue weighted by atomic mass is 10.3. The molecule has 0 aliphatic heterocycles. The molecule has 0 aromatic carbocycles. The van der Waals surface area contributed by atoms with Gasteiger partial charge in [0.15, 0.2) is 12.3 Å². The number of nitro groups is 1. The molecule has 0 fully saturated rings. The standard InChI is InChI=1S/C9H11N3O7S/c13-7(9(14)15)3-4-11-20(18,19)6-1-2-8(10-5-6)12(16)17/h1-2,5,7,11,13H,3-4H2,(H,14,15)/t7-/m0/s1. The van der Waals surface area contributed by atoms with Gasteiger partial charge in [0.2, 0.25) is 10.0 Å². The van der Waals surface area contributed by atoms with Gasteiger partial charge in [-0.2, -0.15) is 0 Å². The van der Waals surface area contributed by atoms with Crippen LogP contribution in [0.15, 0.2) is 23.2 Å². The lowest BCUT2D eigenvalue weighted by Gasteiger charge is -2.07. The second kappa shape index (κ2) is 6.36. The van der Waals surface area contributed by atoms with Crippen LogP contribution >= 0.6 is 0 Å². The molecule has 1 aromatic heterocycles. The maximum Gasteiger partial charge on any atom is 0.363 e. The van der Waals surface area contributed by atoms with E-state index in [0.29, 0.717) is 0 Å². The van der Waals surface area contributed by atoms with Gasteiger partial charge in [-0.1, -0.05) is 0 Å². The number of aliphatic hydroxyl groups is 1. The van der Waals surface area contributed by atoms with Gasteiger partial charge < -0.3 is 20.3 Å². The fourth-order valence-electron chi connectivity index (χ4n) is 1.18. The molecule has 110 valence electrons. The zero-order valence-corrected chi connectivity index (χ0v) is 10.8. The van der Waals surface area contributed by atoms with E-state index in [4.69, 9.17) is 10.2 Å². The zero-order valence-electron chi connectivity index (χ0n) is 9.96. The Morgan fingerprint density at radius 2 is 2.15 bits per heavy atom. The van der Waals surface area contributed by atoms with Crippen LogP contribution in [-0.2, 0) is 14.8 Å². The highest BCUT2D eigenvalue weighted by molar-refractivity contribution is 7.89. The number of carbonyl (C=O) groups is 1. The Hall–Kier alpha value is -2.11. The Bertz CT molecular complexity index is 598. The summed E-state index contributed by atoms with van der Waals surface area (Å²) in [7, 11) is -3.96. The molecular formula is C9H11N3O7S. The van der Waals surface area contributed by atoms with Gasteiger partial charge in [0.1, 0.15) is 4.90 Å². The summed E-state index contributed by atoms with van der Waals surface area (Å²) in [6.45, 7) is -0.299. The number of carboxylic acids is 1.